The SMILES string of the molecule is O=C(O)c1cccc(-n2cccc2[C@@H]2[C@@H](c3ccccn3)NC(=S)N2c2ccc3c(c2)OCO3)c1. The van der Waals surface area contributed by atoms with Crippen LogP contribution >= 0.6 is 12.2 Å². The van der Waals surface area contributed by atoms with Crippen LogP contribution in [0.1, 0.15) is 33.8 Å². The van der Waals surface area contributed by atoms with Gasteiger partial charge in [0.25, 0.3) is 0 Å². The molecule has 1 saturated heterocycles. The van der Waals surface area contributed by atoms with Gasteiger partial charge in [0.15, 0.2) is 16.6 Å². The minimum absolute atomic E-state index is 0.185. The molecule has 0 spiro atoms. The third-order valence-electron chi connectivity index (χ3n) is 6.19. The van der Waals surface area contributed by atoms with Crippen LogP contribution in [0.5, 0.6) is 11.5 Å². The summed E-state index contributed by atoms with van der Waals surface area (Å²) in [4.78, 5) is 18.2. The first-order valence-corrected chi connectivity index (χ1v) is 11.4. The number of nitrogens with zero attached hydrogens (tertiary/aromatic N) is 3. The summed E-state index contributed by atoms with van der Waals surface area (Å²) in [5.41, 5.74) is 3.58. The van der Waals surface area contributed by atoms with Crippen molar-refractivity contribution in [2.75, 3.05) is 11.7 Å². The maximum Gasteiger partial charge on any atom is 0.335 e. The van der Waals surface area contributed by atoms with Crippen LogP contribution < -0.4 is 19.7 Å². The van der Waals surface area contributed by atoms with Crippen molar-refractivity contribution in [1.82, 2.24) is 14.9 Å². The van der Waals surface area contributed by atoms with Gasteiger partial charge in [-0.3, -0.25) is 4.98 Å². The molecule has 1 fully saturated rings. The molecule has 0 amide bonds. The fraction of sp³-hybridized carbons (Fsp3) is 0.115. The minimum Gasteiger partial charge on any atom is -0.478 e. The number of fused-ring (bicyclic) bond motifs is 1. The van der Waals surface area contributed by atoms with Gasteiger partial charge in [-0.2, -0.15) is 0 Å². The highest BCUT2D eigenvalue weighted by atomic mass is 32.1. The molecule has 2 N–H and O–H groups in total. The lowest BCUT2D eigenvalue weighted by atomic mass is 10.0. The lowest BCUT2D eigenvalue weighted by molar-refractivity contribution is 0.0697. The van der Waals surface area contributed by atoms with E-state index in [1.165, 1.54) is 0 Å². The molecule has 4 heterocycles. The summed E-state index contributed by atoms with van der Waals surface area (Å²) >= 11 is 5.82. The van der Waals surface area contributed by atoms with Gasteiger partial charge < -0.3 is 29.4 Å². The maximum atomic E-state index is 11.6. The largest absolute Gasteiger partial charge is 0.478 e. The Morgan fingerprint density at radius 1 is 1.00 bits per heavy atom. The molecule has 0 aliphatic carbocycles. The molecule has 8 nitrogen and oxygen atoms in total. The van der Waals surface area contributed by atoms with Gasteiger partial charge in [-0.25, -0.2) is 4.79 Å². The number of pyridine rings is 1. The van der Waals surface area contributed by atoms with Gasteiger partial charge in [0.05, 0.1) is 17.3 Å². The highest BCUT2D eigenvalue weighted by molar-refractivity contribution is 7.80. The van der Waals surface area contributed by atoms with E-state index in [4.69, 9.17) is 21.7 Å². The highest BCUT2D eigenvalue weighted by Crippen LogP contribution is 2.44. The van der Waals surface area contributed by atoms with Gasteiger partial charge in [0, 0.05) is 35.5 Å². The van der Waals surface area contributed by atoms with E-state index >= 15 is 0 Å². The fourth-order valence-corrected chi connectivity index (χ4v) is 4.97. The quantitative estimate of drug-likeness (QED) is 0.401. The summed E-state index contributed by atoms with van der Waals surface area (Å²) in [6.07, 6.45) is 3.68. The maximum absolute atomic E-state index is 11.6. The van der Waals surface area contributed by atoms with Crippen molar-refractivity contribution in [2.45, 2.75) is 12.1 Å². The Morgan fingerprint density at radius 2 is 1.89 bits per heavy atom. The number of carbonyl (C=O) groups is 1. The molecule has 9 heteroatoms. The smallest absolute Gasteiger partial charge is 0.335 e. The van der Waals surface area contributed by atoms with Crippen LogP contribution in [0, 0.1) is 0 Å². The predicted octanol–water partition coefficient (Wildman–Crippen LogP) is 4.48. The van der Waals surface area contributed by atoms with Gasteiger partial charge in [0.1, 0.15) is 6.04 Å². The van der Waals surface area contributed by atoms with Crippen LogP contribution in [0.2, 0.25) is 0 Å². The Labute approximate surface area is 206 Å². The number of aromatic nitrogens is 2. The first-order chi connectivity index (χ1) is 17.1. The molecule has 2 atom stereocenters. The Balaban J connectivity index is 1.50. The summed E-state index contributed by atoms with van der Waals surface area (Å²) in [6, 6.07) is 21.8. The predicted molar refractivity (Wildman–Crippen MR) is 133 cm³/mol. The van der Waals surface area contributed by atoms with Gasteiger partial charge in [-0.1, -0.05) is 12.1 Å². The Kier molecular flexibility index (Phi) is 5.11. The van der Waals surface area contributed by atoms with Gasteiger partial charge >= 0.3 is 5.97 Å². The second-order valence-electron chi connectivity index (χ2n) is 8.19. The van der Waals surface area contributed by atoms with Crippen molar-refractivity contribution >= 4 is 29.0 Å². The number of hydrogen-bond acceptors (Lipinski definition) is 5. The van der Waals surface area contributed by atoms with Crippen LogP contribution in [0.4, 0.5) is 5.69 Å². The Bertz CT molecular complexity index is 1440. The third-order valence-corrected chi connectivity index (χ3v) is 6.50. The second-order valence-corrected chi connectivity index (χ2v) is 8.58. The van der Waals surface area contributed by atoms with E-state index in [-0.39, 0.29) is 24.4 Å². The van der Waals surface area contributed by atoms with Crippen molar-refractivity contribution < 1.29 is 19.4 Å². The minimum atomic E-state index is -0.974. The van der Waals surface area contributed by atoms with E-state index in [0.717, 1.165) is 22.8 Å². The summed E-state index contributed by atoms with van der Waals surface area (Å²) in [5.74, 6) is 0.381. The number of carboxylic acids is 1. The second kappa shape index (κ2) is 8.44. The monoisotopic (exact) mass is 484 g/mol. The standard InChI is InChI=1S/C26H20N4O4S/c31-25(32)16-5-3-6-17(13-16)29-12-4-8-20(29)24-23(19-7-1-2-11-27-19)28-26(35)30(24)18-9-10-21-22(14-18)34-15-33-21/h1-14,23-24H,15H2,(H,28,35)(H,31,32)/t23-,24-/m1/s1. The van der Waals surface area contributed by atoms with E-state index in [2.05, 4.69) is 10.3 Å². The topological polar surface area (TPSA) is 88.8 Å². The summed E-state index contributed by atoms with van der Waals surface area (Å²) in [6.45, 7) is 0.185. The molecule has 2 aromatic heterocycles. The number of anilines is 1. The van der Waals surface area contributed by atoms with Crippen molar-refractivity contribution in [1.29, 1.82) is 0 Å². The number of benzene rings is 2. The first kappa shape index (κ1) is 21.2. The van der Waals surface area contributed by atoms with Crippen LogP contribution in [0.25, 0.3) is 5.69 Å². The Morgan fingerprint density at radius 3 is 2.71 bits per heavy atom. The molecule has 6 rings (SSSR count). The summed E-state index contributed by atoms with van der Waals surface area (Å²) in [7, 11) is 0. The molecule has 174 valence electrons. The molecular weight excluding hydrogens is 464 g/mol. The van der Waals surface area contributed by atoms with E-state index in [1.54, 1.807) is 24.4 Å². The van der Waals surface area contributed by atoms with Gasteiger partial charge in [-0.15, -0.1) is 0 Å². The molecule has 2 aliphatic rings. The molecule has 0 unspecified atom stereocenters. The number of rotatable bonds is 5. The van der Waals surface area contributed by atoms with Crippen LogP contribution in [-0.2, 0) is 0 Å². The third kappa shape index (κ3) is 3.66. The normalized spacial score (nSPS) is 18.5. The zero-order valence-electron chi connectivity index (χ0n) is 18.4. The number of thiocarbonyl (C=S) groups is 1. The lowest BCUT2D eigenvalue weighted by Gasteiger charge is -2.29. The van der Waals surface area contributed by atoms with Crippen molar-refractivity contribution in [3.8, 4) is 17.2 Å². The molecule has 0 radical (unpaired) electrons. The number of aromatic carboxylic acids is 1. The average Bonchev–Trinajstić information content (AvgIpc) is 3.62. The zero-order valence-corrected chi connectivity index (χ0v) is 19.2. The molecule has 0 saturated carbocycles. The number of ether oxygens (including phenoxy) is 2. The van der Waals surface area contributed by atoms with E-state index in [9.17, 15) is 9.90 Å². The summed E-state index contributed by atoms with van der Waals surface area (Å²) < 4.78 is 13.1. The first-order valence-electron chi connectivity index (χ1n) is 11.0. The average molecular weight is 485 g/mol. The molecule has 35 heavy (non-hydrogen) atoms. The Hall–Kier alpha value is -4.37. The van der Waals surface area contributed by atoms with Crippen molar-refractivity contribution in [3.63, 3.8) is 0 Å². The molecule has 2 aliphatic heterocycles. The molecular formula is C26H20N4O4S. The fourth-order valence-electron chi connectivity index (χ4n) is 4.63. The van der Waals surface area contributed by atoms with Crippen molar-refractivity contribution in [2.24, 2.45) is 0 Å². The van der Waals surface area contributed by atoms with Crippen LogP contribution in [0.3, 0.4) is 0 Å². The lowest BCUT2D eigenvalue weighted by Crippen LogP contribution is -2.30. The molecule has 0 bridgehead atoms. The van der Waals surface area contributed by atoms with E-state index in [0.29, 0.717) is 16.6 Å². The molecule has 2 aromatic carbocycles. The van der Waals surface area contributed by atoms with Gasteiger partial charge in [-0.05, 0) is 66.8 Å². The van der Waals surface area contributed by atoms with Gasteiger partial charge in [0.2, 0.25) is 6.79 Å². The van der Waals surface area contributed by atoms with E-state index < -0.39 is 5.97 Å². The summed E-state index contributed by atoms with van der Waals surface area (Å²) in [5, 5.41) is 13.5. The number of hydrogen-bond donors (Lipinski definition) is 2. The van der Waals surface area contributed by atoms with Crippen LogP contribution in [-0.4, -0.2) is 32.5 Å². The van der Waals surface area contributed by atoms with E-state index in [1.807, 2.05) is 70.3 Å². The molecule has 4 aromatic rings. The van der Waals surface area contributed by atoms with Crippen molar-refractivity contribution in [3.05, 3.63) is 102 Å². The zero-order chi connectivity index (χ0) is 23.9. The number of nitrogens with one attached hydrogen (secondary N) is 1. The van der Waals surface area contributed by atoms with Crippen LogP contribution in [0.15, 0.2) is 85.2 Å². The highest BCUT2D eigenvalue weighted by Gasteiger charge is 2.42. The number of carboxylic acid groups (broad SMARTS) is 1.